The first-order chi connectivity index (χ1) is 9.40. The molecule has 6 heteroatoms. The van der Waals surface area contributed by atoms with Gasteiger partial charge in [-0.05, 0) is 18.9 Å². The minimum absolute atomic E-state index is 0. The Hall–Kier alpha value is -1.20. The summed E-state index contributed by atoms with van der Waals surface area (Å²) in [5.41, 5.74) is 5.43. The summed E-state index contributed by atoms with van der Waals surface area (Å²) >= 11 is 0. The summed E-state index contributed by atoms with van der Waals surface area (Å²) in [6.45, 7) is 4.20. The lowest BCUT2D eigenvalue weighted by atomic mass is 9.81. The first kappa shape index (κ1) is 19.8. The molecule has 1 aromatic rings. The van der Waals surface area contributed by atoms with Crippen molar-refractivity contribution < 1.29 is 13.6 Å². The van der Waals surface area contributed by atoms with Gasteiger partial charge in [0.05, 0.1) is 5.41 Å². The van der Waals surface area contributed by atoms with Gasteiger partial charge in [-0.15, -0.1) is 12.4 Å². The SMILES string of the molecule is CCC(CC)(CN)C(=O)N(C)Cc1ccc(F)cc1F.Cl. The first-order valence-corrected chi connectivity index (χ1v) is 6.79. The normalized spacial score (nSPS) is 11.0. The average molecular weight is 321 g/mol. The molecule has 0 saturated carbocycles. The molecule has 0 bridgehead atoms. The van der Waals surface area contributed by atoms with E-state index in [0.717, 1.165) is 6.07 Å². The van der Waals surface area contributed by atoms with Crippen molar-refractivity contribution in [2.75, 3.05) is 13.6 Å². The van der Waals surface area contributed by atoms with Gasteiger partial charge in [-0.3, -0.25) is 4.79 Å². The van der Waals surface area contributed by atoms with Crippen LogP contribution in [0.2, 0.25) is 0 Å². The van der Waals surface area contributed by atoms with Crippen molar-refractivity contribution in [1.82, 2.24) is 4.90 Å². The highest BCUT2D eigenvalue weighted by molar-refractivity contribution is 5.85. The van der Waals surface area contributed by atoms with Crippen molar-refractivity contribution in [3.05, 3.63) is 35.4 Å². The molecular weight excluding hydrogens is 298 g/mol. The maximum Gasteiger partial charge on any atom is 0.230 e. The van der Waals surface area contributed by atoms with Crippen molar-refractivity contribution in [1.29, 1.82) is 0 Å². The summed E-state index contributed by atoms with van der Waals surface area (Å²) in [6.07, 6.45) is 1.27. The number of benzene rings is 1. The van der Waals surface area contributed by atoms with Crippen molar-refractivity contribution in [2.45, 2.75) is 33.2 Å². The van der Waals surface area contributed by atoms with Gasteiger partial charge in [-0.2, -0.15) is 0 Å². The van der Waals surface area contributed by atoms with E-state index in [0.29, 0.717) is 18.4 Å². The van der Waals surface area contributed by atoms with Crippen LogP contribution in [0, 0.1) is 17.0 Å². The Labute approximate surface area is 130 Å². The Kier molecular flexibility index (Phi) is 7.82. The molecule has 0 spiro atoms. The van der Waals surface area contributed by atoms with Crippen LogP contribution in [0.25, 0.3) is 0 Å². The summed E-state index contributed by atoms with van der Waals surface area (Å²) in [7, 11) is 1.61. The largest absolute Gasteiger partial charge is 0.341 e. The van der Waals surface area contributed by atoms with Crippen LogP contribution in [0.4, 0.5) is 8.78 Å². The van der Waals surface area contributed by atoms with Gasteiger partial charge in [0, 0.05) is 31.8 Å². The zero-order valence-corrected chi connectivity index (χ0v) is 13.5. The molecule has 0 aliphatic heterocycles. The molecule has 0 fully saturated rings. The van der Waals surface area contributed by atoms with Crippen LogP contribution in [0.3, 0.4) is 0 Å². The van der Waals surface area contributed by atoms with E-state index >= 15 is 0 Å². The van der Waals surface area contributed by atoms with Gasteiger partial charge in [0.15, 0.2) is 0 Å². The minimum atomic E-state index is -0.643. The van der Waals surface area contributed by atoms with E-state index < -0.39 is 17.0 Å². The molecule has 2 N–H and O–H groups in total. The second-order valence-electron chi connectivity index (χ2n) is 5.09. The Morgan fingerprint density at radius 3 is 2.29 bits per heavy atom. The van der Waals surface area contributed by atoms with Crippen LogP contribution in [-0.4, -0.2) is 24.4 Å². The molecule has 0 aliphatic rings. The molecule has 0 radical (unpaired) electrons. The van der Waals surface area contributed by atoms with Crippen LogP contribution in [0.1, 0.15) is 32.3 Å². The number of carbonyl (C=O) groups is 1. The Bertz CT molecular complexity index is 470. The highest BCUT2D eigenvalue weighted by Gasteiger charge is 2.35. The number of nitrogens with zero attached hydrogens (tertiary/aromatic N) is 1. The van der Waals surface area contributed by atoms with Crippen molar-refractivity contribution in [3.63, 3.8) is 0 Å². The number of amides is 1. The fourth-order valence-corrected chi connectivity index (χ4v) is 2.31. The summed E-state index contributed by atoms with van der Waals surface area (Å²) in [6, 6.07) is 3.37. The number of nitrogens with two attached hydrogens (primary N) is 1. The van der Waals surface area contributed by atoms with E-state index in [-0.39, 0.29) is 31.4 Å². The average Bonchev–Trinajstić information content (AvgIpc) is 2.44. The number of rotatable bonds is 6. The van der Waals surface area contributed by atoms with E-state index in [1.165, 1.54) is 17.0 Å². The van der Waals surface area contributed by atoms with Crippen molar-refractivity contribution in [3.8, 4) is 0 Å². The van der Waals surface area contributed by atoms with E-state index in [1.54, 1.807) is 7.05 Å². The summed E-state index contributed by atoms with van der Waals surface area (Å²) in [5.74, 6) is -1.37. The molecule has 0 heterocycles. The molecule has 1 rings (SSSR count). The maximum absolute atomic E-state index is 13.6. The quantitative estimate of drug-likeness (QED) is 0.875. The van der Waals surface area contributed by atoms with Gasteiger partial charge in [0.25, 0.3) is 0 Å². The lowest BCUT2D eigenvalue weighted by Gasteiger charge is -2.33. The van der Waals surface area contributed by atoms with Gasteiger partial charge < -0.3 is 10.6 Å². The van der Waals surface area contributed by atoms with Crippen LogP contribution in [0.5, 0.6) is 0 Å². The van der Waals surface area contributed by atoms with Gasteiger partial charge in [0.2, 0.25) is 5.91 Å². The minimum Gasteiger partial charge on any atom is -0.341 e. The molecule has 21 heavy (non-hydrogen) atoms. The van der Waals surface area contributed by atoms with Gasteiger partial charge in [-0.25, -0.2) is 8.78 Å². The lowest BCUT2D eigenvalue weighted by Crippen LogP contribution is -2.45. The number of carbonyl (C=O) groups excluding carboxylic acids is 1. The summed E-state index contributed by atoms with van der Waals surface area (Å²) in [4.78, 5) is 13.9. The molecule has 0 aliphatic carbocycles. The number of halogens is 3. The zero-order chi connectivity index (χ0) is 15.3. The monoisotopic (exact) mass is 320 g/mol. The third kappa shape index (κ3) is 4.38. The highest BCUT2D eigenvalue weighted by atomic mass is 35.5. The Balaban J connectivity index is 0.00000400. The van der Waals surface area contributed by atoms with Gasteiger partial charge in [-0.1, -0.05) is 19.9 Å². The first-order valence-electron chi connectivity index (χ1n) is 6.79. The second kappa shape index (κ2) is 8.29. The lowest BCUT2D eigenvalue weighted by molar-refractivity contribution is -0.141. The van der Waals surface area contributed by atoms with Crippen LogP contribution >= 0.6 is 12.4 Å². The van der Waals surface area contributed by atoms with Gasteiger partial charge in [0.1, 0.15) is 11.6 Å². The number of hydrogen-bond donors (Lipinski definition) is 1. The maximum atomic E-state index is 13.6. The van der Waals surface area contributed by atoms with Crippen molar-refractivity contribution in [2.24, 2.45) is 11.1 Å². The summed E-state index contributed by atoms with van der Waals surface area (Å²) in [5, 5.41) is 0. The van der Waals surface area contributed by atoms with Gasteiger partial charge >= 0.3 is 0 Å². The molecule has 0 saturated heterocycles. The third-order valence-corrected chi connectivity index (χ3v) is 3.97. The molecule has 120 valence electrons. The van der Waals surface area contributed by atoms with Crippen LogP contribution < -0.4 is 5.73 Å². The second-order valence-corrected chi connectivity index (χ2v) is 5.09. The smallest absolute Gasteiger partial charge is 0.230 e. The Morgan fingerprint density at radius 2 is 1.86 bits per heavy atom. The molecule has 0 atom stereocenters. The molecule has 1 amide bonds. The standard InChI is InChI=1S/C15H22F2N2O.ClH/c1-4-15(5-2,10-18)14(20)19(3)9-11-6-7-12(16)8-13(11)17;/h6-8H,4-5,9-10,18H2,1-3H3;1H. The van der Waals surface area contributed by atoms with Crippen LogP contribution in [0.15, 0.2) is 18.2 Å². The fraction of sp³-hybridized carbons (Fsp3) is 0.533. The molecule has 0 unspecified atom stereocenters. The van der Waals surface area contributed by atoms with Crippen LogP contribution in [-0.2, 0) is 11.3 Å². The molecular formula is C15H23ClF2N2O. The predicted octanol–water partition coefficient (Wildman–Crippen LogP) is 3.11. The topological polar surface area (TPSA) is 46.3 Å². The molecule has 3 nitrogen and oxygen atoms in total. The molecule has 1 aromatic carbocycles. The van der Waals surface area contributed by atoms with E-state index in [4.69, 9.17) is 5.73 Å². The fourth-order valence-electron chi connectivity index (χ4n) is 2.31. The van der Waals surface area contributed by atoms with E-state index in [2.05, 4.69) is 0 Å². The predicted molar refractivity (Wildman–Crippen MR) is 82.1 cm³/mol. The Morgan fingerprint density at radius 1 is 1.29 bits per heavy atom. The third-order valence-electron chi connectivity index (χ3n) is 3.97. The van der Waals surface area contributed by atoms with E-state index in [9.17, 15) is 13.6 Å². The molecule has 0 aromatic heterocycles. The van der Waals surface area contributed by atoms with E-state index in [1.807, 2.05) is 13.8 Å². The zero-order valence-electron chi connectivity index (χ0n) is 12.7. The van der Waals surface area contributed by atoms with Crippen molar-refractivity contribution >= 4 is 18.3 Å². The number of hydrogen-bond acceptors (Lipinski definition) is 2. The summed E-state index contributed by atoms with van der Waals surface area (Å²) < 4.78 is 26.5. The highest BCUT2D eigenvalue weighted by Crippen LogP contribution is 2.28.